The number of benzene rings is 5. The number of aliphatic hydroxyl groups excluding tert-OH is 1. The molecular formula is C44H44ClFO8. The van der Waals surface area contributed by atoms with Crippen molar-refractivity contribution in [2.45, 2.75) is 62.9 Å². The highest BCUT2D eigenvalue weighted by Crippen LogP contribution is 2.48. The van der Waals surface area contributed by atoms with Gasteiger partial charge in [0, 0.05) is 17.7 Å². The van der Waals surface area contributed by atoms with Gasteiger partial charge < -0.3 is 33.5 Å². The fourth-order valence-electron chi connectivity index (χ4n) is 6.78. The highest BCUT2D eigenvalue weighted by molar-refractivity contribution is 6.31. The predicted molar refractivity (Wildman–Crippen MR) is 203 cm³/mol. The minimum Gasteiger partial charge on any atom is -0.491 e. The Morgan fingerprint density at radius 1 is 0.759 bits per heavy atom. The monoisotopic (exact) mass is 754 g/mol. The first-order valence-electron chi connectivity index (χ1n) is 17.8. The largest absolute Gasteiger partial charge is 0.491 e. The van der Waals surface area contributed by atoms with E-state index in [0.717, 1.165) is 16.7 Å². The van der Waals surface area contributed by atoms with Crippen LogP contribution in [0.15, 0.2) is 127 Å². The van der Waals surface area contributed by atoms with Crippen LogP contribution in [0.4, 0.5) is 4.39 Å². The summed E-state index contributed by atoms with van der Waals surface area (Å²) in [5, 5.41) is 11.5. The van der Waals surface area contributed by atoms with E-state index < -0.39 is 42.1 Å². The zero-order valence-electron chi connectivity index (χ0n) is 30.2. The van der Waals surface area contributed by atoms with Crippen molar-refractivity contribution >= 4 is 17.9 Å². The lowest BCUT2D eigenvalue weighted by molar-refractivity contribution is -0.401. The SMILES string of the molecule is CCOc1ccc(Cc2cc([C@]3(OC)O[C@@](C=O)(CO)[C@@H](OCc4ccccc4)[C@H](OCc4ccccc4)[C@H]3OCc3ccccc3)ccc2Cl)cc1F. The van der Waals surface area contributed by atoms with Crippen LogP contribution in [0.1, 0.15) is 40.3 Å². The molecule has 282 valence electrons. The van der Waals surface area contributed by atoms with Crippen LogP contribution < -0.4 is 4.74 Å². The summed E-state index contributed by atoms with van der Waals surface area (Å²) < 4.78 is 53.5. The second-order valence-electron chi connectivity index (χ2n) is 13.1. The number of aldehydes is 1. The minimum atomic E-state index is -1.98. The van der Waals surface area contributed by atoms with Crippen LogP contribution in [0.5, 0.6) is 5.75 Å². The molecule has 0 spiro atoms. The van der Waals surface area contributed by atoms with Crippen LogP contribution in [0, 0.1) is 5.82 Å². The maximum absolute atomic E-state index is 14.9. The Kier molecular flexibility index (Phi) is 13.3. The van der Waals surface area contributed by atoms with E-state index in [1.807, 2.05) is 91.0 Å². The Morgan fingerprint density at radius 2 is 1.33 bits per heavy atom. The molecule has 0 saturated carbocycles. The van der Waals surface area contributed by atoms with Gasteiger partial charge >= 0.3 is 0 Å². The van der Waals surface area contributed by atoms with Gasteiger partial charge in [-0.05, 0) is 65.4 Å². The molecule has 1 heterocycles. The van der Waals surface area contributed by atoms with E-state index in [2.05, 4.69) is 0 Å². The molecule has 1 aliphatic heterocycles. The van der Waals surface area contributed by atoms with Gasteiger partial charge in [-0.25, -0.2) is 4.39 Å². The molecule has 0 unspecified atom stereocenters. The smallest absolute Gasteiger partial charge is 0.225 e. The van der Waals surface area contributed by atoms with Crippen LogP contribution in [0.3, 0.4) is 0 Å². The van der Waals surface area contributed by atoms with E-state index in [-0.39, 0.29) is 32.0 Å². The molecule has 5 aromatic rings. The first-order chi connectivity index (χ1) is 26.3. The normalized spacial score (nSPS) is 22.5. The molecule has 0 bridgehead atoms. The molecule has 0 aliphatic carbocycles. The van der Waals surface area contributed by atoms with Crippen molar-refractivity contribution in [3.8, 4) is 5.75 Å². The lowest BCUT2D eigenvalue weighted by atomic mass is 9.80. The van der Waals surface area contributed by atoms with Crippen molar-refractivity contribution in [1.82, 2.24) is 0 Å². The van der Waals surface area contributed by atoms with Crippen LogP contribution >= 0.6 is 11.6 Å². The van der Waals surface area contributed by atoms with Crippen LogP contribution in [-0.4, -0.2) is 55.6 Å². The van der Waals surface area contributed by atoms with Crippen LogP contribution in [0.25, 0.3) is 0 Å². The van der Waals surface area contributed by atoms with Gasteiger partial charge in [0.25, 0.3) is 0 Å². The zero-order valence-corrected chi connectivity index (χ0v) is 31.0. The van der Waals surface area contributed by atoms with Gasteiger partial charge in [-0.2, -0.15) is 0 Å². The first kappa shape index (κ1) is 39.2. The van der Waals surface area contributed by atoms with Gasteiger partial charge in [0.05, 0.1) is 33.0 Å². The summed E-state index contributed by atoms with van der Waals surface area (Å²) in [7, 11) is 1.45. The maximum Gasteiger partial charge on any atom is 0.225 e. The fourth-order valence-corrected chi connectivity index (χ4v) is 6.96. The molecule has 10 heteroatoms. The van der Waals surface area contributed by atoms with E-state index >= 15 is 0 Å². The number of aliphatic hydroxyl groups is 1. The number of hydrogen-bond acceptors (Lipinski definition) is 8. The first-order valence-corrected chi connectivity index (χ1v) is 18.2. The van der Waals surface area contributed by atoms with Gasteiger partial charge in [0.15, 0.2) is 23.5 Å². The van der Waals surface area contributed by atoms with Crippen LogP contribution in [0.2, 0.25) is 5.02 Å². The summed E-state index contributed by atoms with van der Waals surface area (Å²) >= 11 is 6.78. The average Bonchev–Trinajstić information content (AvgIpc) is 3.21. The number of hydrogen-bond donors (Lipinski definition) is 1. The molecule has 5 aromatic carbocycles. The summed E-state index contributed by atoms with van der Waals surface area (Å²) in [4.78, 5) is 13.4. The quantitative estimate of drug-likeness (QED) is 0.0956. The lowest BCUT2D eigenvalue weighted by Gasteiger charge is -2.55. The van der Waals surface area contributed by atoms with Crippen molar-refractivity contribution in [2.75, 3.05) is 20.3 Å². The lowest BCUT2D eigenvalue weighted by Crippen LogP contribution is -2.72. The highest BCUT2D eigenvalue weighted by atomic mass is 35.5. The summed E-state index contributed by atoms with van der Waals surface area (Å²) in [5.74, 6) is -2.18. The van der Waals surface area contributed by atoms with Gasteiger partial charge in [0.2, 0.25) is 5.79 Å². The zero-order chi connectivity index (χ0) is 38.0. The summed E-state index contributed by atoms with van der Waals surface area (Å²) in [5.41, 5.74) is 2.32. The Labute approximate surface area is 320 Å². The van der Waals surface area contributed by atoms with Crippen molar-refractivity contribution in [3.05, 3.63) is 172 Å². The Balaban J connectivity index is 1.47. The molecule has 8 nitrogen and oxygen atoms in total. The Morgan fingerprint density at radius 3 is 1.85 bits per heavy atom. The Hall–Kier alpha value is -4.45. The topological polar surface area (TPSA) is 92.7 Å². The predicted octanol–water partition coefficient (Wildman–Crippen LogP) is 7.98. The molecule has 54 heavy (non-hydrogen) atoms. The number of methoxy groups -OCH3 is 1. The summed E-state index contributed by atoms with van der Waals surface area (Å²) in [6.45, 7) is 1.70. The van der Waals surface area contributed by atoms with Gasteiger partial charge in [-0.15, -0.1) is 0 Å². The molecule has 1 aliphatic rings. The Bertz CT molecular complexity index is 1950. The second kappa shape index (κ2) is 18.3. The molecule has 0 amide bonds. The number of rotatable bonds is 17. The van der Waals surface area contributed by atoms with E-state index in [9.17, 15) is 14.3 Å². The van der Waals surface area contributed by atoms with Crippen molar-refractivity contribution in [3.63, 3.8) is 0 Å². The molecule has 0 radical (unpaired) electrons. The van der Waals surface area contributed by atoms with Crippen molar-refractivity contribution in [2.24, 2.45) is 0 Å². The highest BCUT2D eigenvalue weighted by Gasteiger charge is 2.64. The van der Waals surface area contributed by atoms with E-state index in [1.165, 1.54) is 13.2 Å². The molecule has 1 N–H and O–H groups in total. The van der Waals surface area contributed by atoms with E-state index in [1.54, 1.807) is 37.3 Å². The van der Waals surface area contributed by atoms with Crippen LogP contribution in [-0.2, 0) is 60.5 Å². The molecule has 1 fully saturated rings. The summed E-state index contributed by atoms with van der Waals surface area (Å²) in [6.07, 6.45) is -2.48. The molecule has 6 rings (SSSR count). The third kappa shape index (κ3) is 8.74. The molecular weight excluding hydrogens is 711 g/mol. The molecule has 1 saturated heterocycles. The van der Waals surface area contributed by atoms with Crippen molar-refractivity contribution < 1.29 is 42.7 Å². The van der Waals surface area contributed by atoms with Gasteiger partial charge in [-0.1, -0.05) is 115 Å². The van der Waals surface area contributed by atoms with Gasteiger partial charge in [0.1, 0.15) is 18.3 Å². The van der Waals surface area contributed by atoms with E-state index in [4.69, 9.17) is 40.0 Å². The molecule has 5 atom stereocenters. The third-order valence-electron chi connectivity index (χ3n) is 9.51. The molecule has 0 aromatic heterocycles. The number of halogens is 2. The third-order valence-corrected chi connectivity index (χ3v) is 9.88. The number of ether oxygens (including phenoxy) is 6. The van der Waals surface area contributed by atoms with Crippen molar-refractivity contribution in [1.29, 1.82) is 0 Å². The standard InChI is InChI=1S/C44H44ClFO8/c1-3-50-39-22-19-34(24-38(39)46)23-35-25-36(20-21-37(35)45)44(49-2)42(53-28-33-17-11-6-12-18-33)40(51-26-31-13-7-4-8-14-31)41(43(29-47,30-48)54-44)52-27-32-15-9-5-10-16-32/h4-22,24-25,29,40-42,48H,3,23,26-28,30H2,1-2H3/t40-,41-,42+,43-,44-/m0/s1. The van der Waals surface area contributed by atoms with E-state index in [0.29, 0.717) is 34.6 Å². The summed E-state index contributed by atoms with van der Waals surface area (Å²) in [6, 6.07) is 38.6. The maximum atomic E-state index is 14.9. The van der Waals surface area contributed by atoms with Gasteiger partial charge in [-0.3, -0.25) is 4.79 Å². The number of carbonyl (C=O) groups is 1. The number of carbonyl (C=O) groups excluding carboxylic acids is 1. The average molecular weight is 755 g/mol. The fraction of sp³-hybridized carbons (Fsp3) is 0.295. The minimum absolute atomic E-state index is 0.0881. The second-order valence-corrected chi connectivity index (χ2v) is 13.5.